The van der Waals surface area contributed by atoms with Crippen LogP contribution in [-0.2, 0) is 9.59 Å². The predicted molar refractivity (Wildman–Crippen MR) is 44.2 cm³/mol. The molecule has 0 aromatic rings. The van der Waals surface area contributed by atoms with Crippen LogP contribution in [0.2, 0.25) is 0 Å². The topological polar surface area (TPSA) is 127 Å². The molecule has 0 aliphatic rings. The minimum Gasteiger partial charge on any atom is -0.388 e. The Hall–Kier alpha value is -1.02. The number of aliphatic hydroxyl groups excluding tert-OH is 4. The van der Waals surface area contributed by atoms with E-state index < -0.39 is 30.7 Å². The molecule has 0 aromatic carbocycles. The van der Waals surface area contributed by atoms with Crippen LogP contribution in [0.4, 0.5) is 0 Å². The van der Waals surface area contributed by atoms with E-state index in [1.54, 1.807) is 0 Å². The molecule has 1 amide bonds. The van der Waals surface area contributed by atoms with Gasteiger partial charge in [0.25, 0.3) is 0 Å². The molecular formula is C7H13NO6. The summed E-state index contributed by atoms with van der Waals surface area (Å²) in [5.41, 5.74) is 0. The van der Waals surface area contributed by atoms with E-state index in [4.69, 9.17) is 20.4 Å². The number of hydrogen-bond acceptors (Lipinski definition) is 6. The van der Waals surface area contributed by atoms with Crippen LogP contribution in [0.15, 0.2) is 0 Å². The van der Waals surface area contributed by atoms with Crippen LogP contribution in [0.3, 0.4) is 0 Å². The van der Waals surface area contributed by atoms with E-state index in [0.29, 0.717) is 6.41 Å². The number of ketones is 1. The number of aliphatic hydroxyl groups is 4. The van der Waals surface area contributed by atoms with E-state index in [0.717, 1.165) is 0 Å². The number of carbonyl (C=O) groups is 2. The summed E-state index contributed by atoms with van der Waals surface area (Å²) in [7, 11) is 0. The van der Waals surface area contributed by atoms with Gasteiger partial charge in [0.05, 0.1) is 0 Å². The van der Waals surface area contributed by atoms with Crippen molar-refractivity contribution in [3.8, 4) is 0 Å². The molecule has 3 unspecified atom stereocenters. The van der Waals surface area contributed by atoms with Crippen molar-refractivity contribution in [2.75, 3.05) is 13.2 Å². The van der Waals surface area contributed by atoms with Gasteiger partial charge in [-0.1, -0.05) is 0 Å². The van der Waals surface area contributed by atoms with E-state index >= 15 is 0 Å². The molecule has 0 radical (unpaired) electrons. The van der Waals surface area contributed by atoms with Crippen molar-refractivity contribution in [1.29, 1.82) is 0 Å². The SMILES string of the molecule is O=CNCC(O)C(O)C(O)C(=O)CO. The van der Waals surface area contributed by atoms with Crippen molar-refractivity contribution in [2.24, 2.45) is 0 Å². The molecular weight excluding hydrogens is 194 g/mol. The number of amides is 1. The van der Waals surface area contributed by atoms with Crippen molar-refractivity contribution in [3.05, 3.63) is 0 Å². The quantitative estimate of drug-likeness (QED) is 0.274. The molecule has 0 aromatic heterocycles. The number of rotatable bonds is 7. The first kappa shape index (κ1) is 13.0. The minimum atomic E-state index is -1.86. The highest BCUT2D eigenvalue weighted by molar-refractivity contribution is 5.84. The zero-order valence-corrected chi connectivity index (χ0v) is 7.33. The molecule has 14 heavy (non-hydrogen) atoms. The summed E-state index contributed by atoms with van der Waals surface area (Å²) in [6.07, 6.45) is -4.76. The first-order valence-corrected chi connectivity index (χ1v) is 3.89. The van der Waals surface area contributed by atoms with E-state index in [1.165, 1.54) is 0 Å². The van der Waals surface area contributed by atoms with Crippen LogP contribution in [0.25, 0.3) is 0 Å². The molecule has 0 heterocycles. The lowest BCUT2D eigenvalue weighted by Crippen LogP contribution is -2.47. The normalized spacial score (nSPS) is 16.9. The Kier molecular flexibility index (Phi) is 5.97. The third-order valence-corrected chi connectivity index (χ3v) is 1.61. The molecule has 5 N–H and O–H groups in total. The monoisotopic (exact) mass is 207 g/mol. The van der Waals surface area contributed by atoms with Crippen molar-refractivity contribution in [2.45, 2.75) is 18.3 Å². The predicted octanol–water partition coefficient (Wildman–Crippen LogP) is -3.62. The van der Waals surface area contributed by atoms with Gasteiger partial charge in [-0.15, -0.1) is 0 Å². The van der Waals surface area contributed by atoms with Crippen molar-refractivity contribution >= 4 is 12.2 Å². The summed E-state index contributed by atoms with van der Waals surface area (Å²) in [6.45, 7) is -1.22. The summed E-state index contributed by atoms with van der Waals surface area (Å²) in [5.74, 6) is -0.998. The van der Waals surface area contributed by atoms with Crippen LogP contribution in [0.5, 0.6) is 0 Å². The minimum absolute atomic E-state index is 0.291. The van der Waals surface area contributed by atoms with Gasteiger partial charge in [-0.3, -0.25) is 9.59 Å². The highest BCUT2D eigenvalue weighted by Crippen LogP contribution is 2.00. The second-order valence-electron chi connectivity index (χ2n) is 2.65. The molecule has 0 rings (SSSR count). The molecule has 0 aliphatic carbocycles. The average Bonchev–Trinajstić information content (AvgIpc) is 2.22. The van der Waals surface area contributed by atoms with Gasteiger partial charge in [0, 0.05) is 6.54 Å². The second-order valence-corrected chi connectivity index (χ2v) is 2.65. The number of hydrogen-bond donors (Lipinski definition) is 5. The van der Waals surface area contributed by atoms with Gasteiger partial charge in [-0.25, -0.2) is 0 Å². The summed E-state index contributed by atoms with van der Waals surface area (Å²) in [4.78, 5) is 20.5. The number of nitrogens with one attached hydrogen (secondary N) is 1. The van der Waals surface area contributed by atoms with Gasteiger partial charge in [0.15, 0.2) is 5.78 Å². The molecule has 3 atom stereocenters. The summed E-state index contributed by atoms with van der Waals surface area (Å²) in [6, 6.07) is 0. The lowest BCUT2D eigenvalue weighted by atomic mass is 10.0. The lowest BCUT2D eigenvalue weighted by Gasteiger charge is -2.20. The van der Waals surface area contributed by atoms with Crippen molar-refractivity contribution in [3.63, 3.8) is 0 Å². The van der Waals surface area contributed by atoms with Gasteiger partial charge in [-0.05, 0) is 0 Å². The number of Topliss-reactive ketones (excluding diaryl/α,β-unsaturated/α-hetero) is 1. The van der Waals surface area contributed by atoms with Crippen LogP contribution in [0, 0.1) is 0 Å². The lowest BCUT2D eigenvalue weighted by molar-refractivity contribution is -0.141. The Balaban J connectivity index is 4.08. The highest BCUT2D eigenvalue weighted by Gasteiger charge is 2.29. The zero-order valence-electron chi connectivity index (χ0n) is 7.33. The molecule has 0 saturated heterocycles. The Labute approximate surface area is 80.0 Å². The van der Waals surface area contributed by atoms with E-state index in [1.807, 2.05) is 0 Å². The fraction of sp³-hybridized carbons (Fsp3) is 0.714. The van der Waals surface area contributed by atoms with Crippen molar-refractivity contribution in [1.82, 2.24) is 5.32 Å². The first-order valence-electron chi connectivity index (χ1n) is 3.89. The standard InChI is InChI=1S/C7H13NO6/c9-2-5(12)7(14)6(13)4(11)1-8-3-10/h3-4,6-7,9,11,13-14H,1-2H2,(H,8,10). The third-order valence-electron chi connectivity index (χ3n) is 1.61. The fourth-order valence-electron chi connectivity index (χ4n) is 0.784. The van der Waals surface area contributed by atoms with Crippen LogP contribution >= 0.6 is 0 Å². The molecule has 0 bridgehead atoms. The Bertz CT molecular complexity index is 197. The molecule has 7 nitrogen and oxygen atoms in total. The molecule has 82 valence electrons. The van der Waals surface area contributed by atoms with E-state index in [9.17, 15) is 9.59 Å². The van der Waals surface area contributed by atoms with Gasteiger partial charge < -0.3 is 25.7 Å². The molecule has 0 fully saturated rings. The largest absolute Gasteiger partial charge is 0.388 e. The van der Waals surface area contributed by atoms with E-state index in [-0.39, 0.29) is 6.54 Å². The van der Waals surface area contributed by atoms with E-state index in [2.05, 4.69) is 5.32 Å². The van der Waals surface area contributed by atoms with Crippen LogP contribution in [0.1, 0.15) is 0 Å². The van der Waals surface area contributed by atoms with Gasteiger partial charge in [0.2, 0.25) is 6.41 Å². The molecule has 0 saturated carbocycles. The summed E-state index contributed by atoms with van der Waals surface area (Å²) in [5, 5.41) is 37.6. The van der Waals surface area contributed by atoms with Crippen molar-refractivity contribution < 1.29 is 30.0 Å². The molecule has 0 spiro atoms. The maximum Gasteiger partial charge on any atom is 0.207 e. The van der Waals surface area contributed by atoms with Crippen LogP contribution < -0.4 is 5.32 Å². The summed E-state index contributed by atoms with van der Waals surface area (Å²) < 4.78 is 0. The highest BCUT2D eigenvalue weighted by atomic mass is 16.4. The van der Waals surface area contributed by atoms with Gasteiger partial charge in [-0.2, -0.15) is 0 Å². The average molecular weight is 207 g/mol. The Morgan fingerprint density at radius 3 is 2.36 bits per heavy atom. The fourth-order valence-corrected chi connectivity index (χ4v) is 0.784. The Morgan fingerprint density at radius 1 is 1.36 bits per heavy atom. The third kappa shape index (κ3) is 3.79. The zero-order chi connectivity index (χ0) is 11.1. The smallest absolute Gasteiger partial charge is 0.207 e. The second kappa shape index (κ2) is 6.44. The molecule has 0 aliphatic heterocycles. The maximum absolute atomic E-state index is 10.7. The maximum atomic E-state index is 10.7. The van der Waals surface area contributed by atoms with Gasteiger partial charge in [0.1, 0.15) is 24.9 Å². The first-order chi connectivity index (χ1) is 6.54. The van der Waals surface area contributed by atoms with Gasteiger partial charge >= 0.3 is 0 Å². The molecule has 7 heteroatoms. The number of carbonyl (C=O) groups excluding carboxylic acids is 2. The van der Waals surface area contributed by atoms with Crippen LogP contribution in [-0.4, -0.2) is 64.1 Å². The summed E-state index contributed by atoms with van der Waals surface area (Å²) >= 11 is 0. The Morgan fingerprint density at radius 2 is 1.93 bits per heavy atom.